The van der Waals surface area contributed by atoms with Crippen molar-refractivity contribution in [2.75, 3.05) is 19.7 Å². The van der Waals surface area contributed by atoms with Crippen LogP contribution in [0.3, 0.4) is 0 Å². The third-order valence-corrected chi connectivity index (χ3v) is 2.18. The standard InChI is InChI=1S/C10H15N3O/c1-2-9(6-11-3-1)7-13-10-8-12-4-5-14-10/h1-3,6,10,12-13H,4-5,7-8H2. The summed E-state index contributed by atoms with van der Waals surface area (Å²) in [6.45, 7) is 3.41. The van der Waals surface area contributed by atoms with Crippen LogP contribution in [0.25, 0.3) is 0 Å². The topological polar surface area (TPSA) is 46.2 Å². The molecule has 4 heteroatoms. The van der Waals surface area contributed by atoms with Gasteiger partial charge in [-0.1, -0.05) is 6.07 Å². The Morgan fingerprint density at radius 1 is 1.64 bits per heavy atom. The molecule has 4 nitrogen and oxygen atoms in total. The monoisotopic (exact) mass is 193 g/mol. The van der Waals surface area contributed by atoms with Crippen LogP contribution in [0.4, 0.5) is 0 Å². The van der Waals surface area contributed by atoms with E-state index in [4.69, 9.17) is 4.74 Å². The predicted molar refractivity (Wildman–Crippen MR) is 53.7 cm³/mol. The number of pyridine rings is 1. The Balaban J connectivity index is 1.76. The molecule has 1 saturated heterocycles. The first-order valence-corrected chi connectivity index (χ1v) is 4.90. The number of nitrogens with zero attached hydrogens (tertiary/aromatic N) is 1. The van der Waals surface area contributed by atoms with E-state index in [1.807, 2.05) is 12.3 Å². The van der Waals surface area contributed by atoms with E-state index in [1.54, 1.807) is 6.20 Å². The quantitative estimate of drug-likeness (QED) is 0.715. The summed E-state index contributed by atoms with van der Waals surface area (Å²) < 4.78 is 5.51. The van der Waals surface area contributed by atoms with Crippen molar-refractivity contribution in [3.05, 3.63) is 30.1 Å². The zero-order valence-electron chi connectivity index (χ0n) is 8.07. The normalized spacial score (nSPS) is 22.1. The molecule has 1 aromatic heterocycles. The van der Waals surface area contributed by atoms with E-state index in [1.165, 1.54) is 5.56 Å². The first-order valence-electron chi connectivity index (χ1n) is 4.90. The largest absolute Gasteiger partial charge is 0.361 e. The van der Waals surface area contributed by atoms with E-state index in [9.17, 15) is 0 Å². The minimum absolute atomic E-state index is 0.129. The number of rotatable bonds is 3. The van der Waals surface area contributed by atoms with Gasteiger partial charge in [-0.15, -0.1) is 0 Å². The fraction of sp³-hybridized carbons (Fsp3) is 0.500. The second kappa shape index (κ2) is 5.05. The van der Waals surface area contributed by atoms with Crippen molar-refractivity contribution in [1.82, 2.24) is 15.6 Å². The van der Waals surface area contributed by atoms with Crippen LogP contribution in [0.1, 0.15) is 5.56 Å². The van der Waals surface area contributed by atoms with Crippen LogP contribution in [-0.4, -0.2) is 30.9 Å². The molecular formula is C10H15N3O. The molecule has 2 heterocycles. The molecule has 0 spiro atoms. The van der Waals surface area contributed by atoms with Crippen LogP contribution in [0.2, 0.25) is 0 Å². The molecule has 1 unspecified atom stereocenters. The average molecular weight is 193 g/mol. The lowest BCUT2D eigenvalue weighted by Gasteiger charge is -2.24. The van der Waals surface area contributed by atoms with E-state index in [-0.39, 0.29) is 6.23 Å². The smallest absolute Gasteiger partial charge is 0.121 e. The van der Waals surface area contributed by atoms with Crippen LogP contribution in [0.5, 0.6) is 0 Å². The van der Waals surface area contributed by atoms with Crippen LogP contribution in [0.15, 0.2) is 24.5 Å². The first kappa shape index (κ1) is 9.58. The summed E-state index contributed by atoms with van der Waals surface area (Å²) in [7, 11) is 0. The van der Waals surface area contributed by atoms with Gasteiger partial charge in [0.05, 0.1) is 6.61 Å². The molecule has 1 fully saturated rings. The fourth-order valence-corrected chi connectivity index (χ4v) is 1.43. The molecule has 14 heavy (non-hydrogen) atoms. The molecule has 0 radical (unpaired) electrons. The SMILES string of the molecule is c1cncc(CNC2CNCCO2)c1. The molecule has 1 aliphatic heterocycles. The molecule has 2 rings (SSSR count). The maximum Gasteiger partial charge on any atom is 0.121 e. The lowest BCUT2D eigenvalue weighted by molar-refractivity contribution is 0.00580. The molecule has 76 valence electrons. The average Bonchev–Trinajstić information content (AvgIpc) is 2.29. The molecule has 0 saturated carbocycles. The van der Waals surface area contributed by atoms with Gasteiger partial charge in [0.1, 0.15) is 6.23 Å². The summed E-state index contributed by atoms with van der Waals surface area (Å²) in [4.78, 5) is 4.05. The molecule has 2 N–H and O–H groups in total. The van der Waals surface area contributed by atoms with Crippen molar-refractivity contribution >= 4 is 0 Å². The summed E-state index contributed by atoms with van der Waals surface area (Å²) in [5.74, 6) is 0. The minimum atomic E-state index is 0.129. The Labute approximate surface area is 83.7 Å². The lowest BCUT2D eigenvalue weighted by Crippen LogP contribution is -2.46. The Morgan fingerprint density at radius 2 is 2.64 bits per heavy atom. The third kappa shape index (κ3) is 2.77. The van der Waals surface area contributed by atoms with Crippen molar-refractivity contribution in [1.29, 1.82) is 0 Å². The van der Waals surface area contributed by atoms with E-state index in [0.717, 1.165) is 26.2 Å². The third-order valence-electron chi connectivity index (χ3n) is 2.18. The van der Waals surface area contributed by atoms with E-state index < -0.39 is 0 Å². The number of aromatic nitrogens is 1. The second-order valence-electron chi connectivity index (χ2n) is 3.31. The number of ether oxygens (including phenoxy) is 1. The summed E-state index contributed by atoms with van der Waals surface area (Å²) in [6, 6.07) is 3.99. The highest BCUT2D eigenvalue weighted by atomic mass is 16.5. The summed E-state index contributed by atoms with van der Waals surface area (Å²) in [6.07, 6.45) is 3.77. The highest BCUT2D eigenvalue weighted by Crippen LogP contribution is 1.97. The van der Waals surface area contributed by atoms with E-state index >= 15 is 0 Å². The fourth-order valence-electron chi connectivity index (χ4n) is 1.43. The van der Waals surface area contributed by atoms with Gasteiger partial charge in [0.15, 0.2) is 0 Å². The zero-order valence-corrected chi connectivity index (χ0v) is 8.07. The molecular weight excluding hydrogens is 178 g/mol. The molecule has 1 atom stereocenters. The van der Waals surface area contributed by atoms with Gasteiger partial charge in [0.2, 0.25) is 0 Å². The van der Waals surface area contributed by atoms with Gasteiger partial charge in [0.25, 0.3) is 0 Å². The van der Waals surface area contributed by atoms with Crippen molar-refractivity contribution in [2.45, 2.75) is 12.8 Å². The van der Waals surface area contributed by atoms with Gasteiger partial charge >= 0.3 is 0 Å². The molecule has 0 aliphatic carbocycles. The maximum atomic E-state index is 5.51. The van der Waals surface area contributed by atoms with Crippen LogP contribution >= 0.6 is 0 Å². The van der Waals surface area contributed by atoms with Gasteiger partial charge in [-0.05, 0) is 11.6 Å². The van der Waals surface area contributed by atoms with Gasteiger partial charge < -0.3 is 10.1 Å². The summed E-state index contributed by atoms with van der Waals surface area (Å²) >= 11 is 0. The maximum absolute atomic E-state index is 5.51. The van der Waals surface area contributed by atoms with Crippen molar-refractivity contribution in [2.24, 2.45) is 0 Å². The Hall–Kier alpha value is -0.970. The minimum Gasteiger partial charge on any atom is -0.361 e. The number of hydrogen-bond acceptors (Lipinski definition) is 4. The van der Waals surface area contributed by atoms with Gasteiger partial charge in [-0.3, -0.25) is 10.3 Å². The highest BCUT2D eigenvalue weighted by Gasteiger charge is 2.11. The lowest BCUT2D eigenvalue weighted by atomic mass is 10.3. The van der Waals surface area contributed by atoms with E-state index in [0.29, 0.717) is 0 Å². The second-order valence-corrected chi connectivity index (χ2v) is 3.31. The molecule has 1 aliphatic rings. The number of morpholine rings is 1. The Bertz CT molecular complexity index is 259. The molecule has 0 amide bonds. The Morgan fingerprint density at radius 3 is 3.36 bits per heavy atom. The van der Waals surface area contributed by atoms with Crippen LogP contribution in [0, 0.1) is 0 Å². The first-order chi connectivity index (χ1) is 6.95. The molecule has 1 aromatic rings. The van der Waals surface area contributed by atoms with Crippen LogP contribution in [-0.2, 0) is 11.3 Å². The molecule has 0 aromatic carbocycles. The zero-order chi connectivity index (χ0) is 9.64. The van der Waals surface area contributed by atoms with Crippen molar-refractivity contribution in [3.8, 4) is 0 Å². The van der Waals surface area contributed by atoms with Crippen molar-refractivity contribution in [3.63, 3.8) is 0 Å². The molecule has 0 bridgehead atoms. The summed E-state index contributed by atoms with van der Waals surface area (Å²) in [5.41, 5.74) is 1.18. The van der Waals surface area contributed by atoms with Gasteiger partial charge in [0, 0.05) is 32.0 Å². The number of nitrogens with one attached hydrogen (secondary N) is 2. The summed E-state index contributed by atoms with van der Waals surface area (Å²) in [5, 5.41) is 6.58. The van der Waals surface area contributed by atoms with E-state index in [2.05, 4.69) is 21.7 Å². The van der Waals surface area contributed by atoms with Crippen molar-refractivity contribution < 1.29 is 4.74 Å². The number of hydrogen-bond donors (Lipinski definition) is 2. The van der Waals surface area contributed by atoms with Gasteiger partial charge in [-0.2, -0.15) is 0 Å². The van der Waals surface area contributed by atoms with Crippen LogP contribution < -0.4 is 10.6 Å². The highest BCUT2D eigenvalue weighted by molar-refractivity contribution is 5.07. The predicted octanol–water partition coefficient (Wildman–Crippen LogP) is 0.117. The van der Waals surface area contributed by atoms with Gasteiger partial charge in [-0.25, -0.2) is 0 Å². The Kier molecular flexibility index (Phi) is 3.45.